The van der Waals surface area contributed by atoms with Crippen molar-refractivity contribution in [2.45, 2.75) is 50.7 Å². The Kier molecular flexibility index (Phi) is 2.18. The maximum absolute atomic E-state index is 10.8. The fraction of sp³-hybridized carbons (Fsp3) is 0.846. The average molecular weight is 207 g/mol. The van der Waals surface area contributed by atoms with Gasteiger partial charge >= 0.3 is 0 Å². The molecule has 2 aliphatic heterocycles. The van der Waals surface area contributed by atoms with Crippen molar-refractivity contribution in [1.29, 1.82) is 0 Å². The summed E-state index contributed by atoms with van der Waals surface area (Å²) in [6.45, 7) is 4.56. The third-order valence-electron chi connectivity index (χ3n) is 4.74. The summed E-state index contributed by atoms with van der Waals surface area (Å²) in [6.07, 6.45) is 8.22. The Balaban J connectivity index is 1.95. The molecule has 0 radical (unpaired) electrons. The molecule has 1 aliphatic carbocycles. The van der Waals surface area contributed by atoms with E-state index < -0.39 is 0 Å². The van der Waals surface area contributed by atoms with Crippen LogP contribution in [0.25, 0.3) is 0 Å². The van der Waals surface area contributed by atoms with Crippen molar-refractivity contribution >= 4 is 0 Å². The van der Waals surface area contributed by atoms with E-state index in [-0.39, 0.29) is 5.60 Å². The Morgan fingerprint density at radius 1 is 1.40 bits per heavy atom. The Bertz CT molecular complexity index is 299. The molecular formula is C13H21NO. The molecule has 1 saturated heterocycles. The van der Waals surface area contributed by atoms with E-state index in [4.69, 9.17) is 0 Å². The van der Waals surface area contributed by atoms with E-state index in [1.165, 1.54) is 37.8 Å². The van der Waals surface area contributed by atoms with Crippen molar-refractivity contribution in [2.75, 3.05) is 13.1 Å². The number of rotatable bonds is 0. The molecule has 3 aliphatic rings. The van der Waals surface area contributed by atoms with Crippen molar-refractivity contribution in [3.05, 3.63) is 11.6 Å². The Labute approximate surface area is 92.0 Å². The highest BCUT2D eigenvalue weighted by Gasteiger charge is 2.51. The van der Waals surface area contributed by atoms with Crippen LogP contribution in [-0.2, 0) is 0 Å². The smallest absolute Gasteiger partial charge is 0.0866 e. The SMILES string of the molecule is CC1=C[C@@H]2N(CC1)CC[C@H]1CCC[C@]12O. The summed E-state index contributed by atoms with van der Waals surface area (Å²) in [4.78, 5) is 2.49. The molecule has 15 heavy (non-hydrogen) atoms. The molecule has 0 amide bonds. The van der Waals surface area contributed by atoms with Crippen LogP contribution >= 0.6 is 0 Å². The second-order valence-corrected chi connectivity index (χ2v) is 5.61. The lowest BCUT2D eigenvalue weighted by Gasteiger charge is -2.49. The van der Waals surface area contributed by atoms with Gasteiger partial charge in [-0.05, 0) is 45.1 Å². The molecule has 1 saturated carbocycles. The lowest BCUT2D eigenvalue weighted by Crippen LogP contribution is -2.59. The Hall–Kier alpha value is -0.340. The van der Waals surface area contributed by atoms with Gasteiger partial charge in [0.15, 0.2) is 0 Å². The van der Waals surface area contributed by atoms with Gasteiger partial charge in [0.05, 0.1) is 11.6 Å². The quantitative estimate of drug-likeness (QED) is 0.614. The predicted octanol–water partition coefficient (Wildman–Crippen LogP) is 1.94. The minimum absolute atomic E-state index is 0.326. The molecule has 2 heteroatoms. The summed E-state index contributed by atoms with van der Waals surface area (Å²) in [5.41, 5.74) is 1.08. The van der Waals surface area contributed by atoms with Gasteiger partial charge in [0.1, 0.15) is 0 Å². The highest BCUT2D eigenvalue weighted by Crippen LogP contribution is 2.46. The first-order valence-corrected chi connectivity index (χ1v) is 6.34. The first-order valence-electron chi connectivity index (χ1n) is 6.34. The average Bonchev–Trinajstić information content (AvgIpc) is 2.60. The molecule has 1 N–H and O–H groups in total. The fourth-order valence-electron chi connectivity index (χ4n) is 3.82. The number of fused-ring (bicyclic) bond motifs is 3. The maximum Gasteiger partial charge on any atom is 0.0866 e. The molecule has 3 atom stereocenters. The molecule has 0 spiro atoms. The molecule has 0 unspecified atom stereocenters. The van der Waals surface area contributed by atoms with Gasteiger partial charge < -0.3 is 5.11 Å². The van der Waals surface area contributed by atoms with Crippen LogP contribution in [0.2, 0.25) is 0 Å². The maximum atomic E-state index is 10.8. The van der Waals surface area contributed by atoms with Crippen LogP contribution in [0, 0.1) is 5.92 Å². The highest BCUT2D eigenvalue weighted by atomic mass is 16.3. The molecule has 0 aromatic rings. The van der Waals surface area contributed by atoms with Gasteiger partial charge in [0.25, 0.3) is 0 Å². The summed E-state index contributed by atoms with van der Waals surface area (Å²) < 4.78 is 0. The summed E-state index contributed by atoms with van der Waals surface area (Å²) in [7, 11) is 0. The van der Waals surface area contributed by atoms with E-state index in [0.29, 0.717) is 12.0 Å². The highest BCUT2D eigenvalue weighted by molar-refractivity contribution is 5.19. The topological polar surface area (TPSA) is 23.5 Å². The van der Waals surface area contributed by atoms with E-state index in [1.807, 2.05) is 0 Å². The summed E-state index contributed by atoms with van der Waals surface area (Å²) in [6, 6.07) is 0.326. The van der Waals surface area contributed by atoms with Gasteiger partial charge in [-0.1, -0.05) is 18.1 Å². The van der Waals surface area contributed by atoms with Crippen LogP contribution < -0.4 is 0 Å². The minimum Gasteiger partial charge on any atom is -0.388 e. The van der Waals surface area contributed by atoms with Crippen LogP contribution in [0.1, 0.15) is 39.0 Å². The van der Waals surface area contributed by atoms with Crippen molar-refractivity contribution in [3.8, 4) is 0 Å². The van der Waals surface area contributed by atoms with Gasteiger partial charge in [0, 0.05) is 6.54 Å². The molecule has 84 valence electrons. The predicted molar refractivity (Wildman–Crippen MR) is 60.6 cm³/mol. The lowest BCUT2D eigenvalue weighted by atomic mass is 9.75. The van der Waals surface area contributed by atoms with Gasteiger partial charge in [0.2, 0.25) is 0 Å². The fourth-order valence-corrected chi connectivity index (χ4v) is 3.82. The first-order chi connectivity index (χ1) is 7.20. The third kappa shape index (κ3) is 1.38. The van der Waals surface area contributed by atoms with Gasteiger partial charge in [-0.2, -0.15) is 0 Å². The summed E-state index contributed by atoms with van der Waals surface area (Å²) in [5.74, 6) is 0.570. The summed E-state index contributed by atoms with van der Waals surface area (Å²) >= 11 is 0. The van der Waals surface area contributed by atoms with E-state index in [9.17, 15) is 5.11 Å². The van der Waals surface area contributed by atoms with Crippen LogP contribution in [0.15, 0.2) is 11.6 Å². The largest absolute Gasteiger partial charge is 0.388 e. The van der Waals surface area contributed by atoms with Crippen molar-refractivity contribution < 1.29 is 5.11 Å². The van der Waals surface area contributed by atoms with Gasteiger partial charge in [-0.3, -0.25) is 4.90 Å². The molecule has 0 aromatic heterocycles. The zero-order valence-electron chi connectivity index (χ0n) is 9.58. The normalized spacial score (nSPS) is 45.9. The number of aliphatic hydroxyl groups is 1. The van der Waals surface area contributed by atoms with Gasteiger partial charge in [-0.25, -0.2) is 0 Å². The zero-order chi connectivity index (χ0) is 10.5. The number of nitrogens with zero attached hydrogens (tertiary/aromatic N) is 1. The van der Waals surface area contributed by atoms with Crippen molar-refractivity contribution in [1.82, 2.24) is 4.90 Å². The monoisotopic (exact) mass is 207 g/mol. The van der Waals surface area contributed by atoms with Crippen molar-refractivity contribution in [3.63, 3.8) is 0 Å². The molecule has 0 bridgehead atoms. The van der Waals surface area contributed by atoms with Crippen LogP contribution in [0.5, 0.6) is 0 Å². The number of hydrogen-bond acceptors (Lipinski definition) is 2. The van der Waals surface area contributed by atoms with Crippen LogP contribution in [0.4, 0.5) is 0 Å². The lowest BCUT2D eigenvalue weighted by molar-refractivity contribution is -0.0910. The number of piperidine rings is 1. The molecule has 2 nitrogen and oxygen atoms in total. The molecule has 2 fully saturated rings. The van der Waals surface area contributed by atoms with E-state index in [2.05, 4.69) is 17.9 Å². The van der Waals surface area contributed by atoms with Gasteiger partial charge in [-0.15, -0.1) is 0 Å². The summed E-state index contributed by atoms with van der Waals surface area (Å²) in [5, 5.41) is 10.8. The second kappa shape index (κ2) is 3.33. The van der Waals surface area contributed by atoms with Crippen molar-refractivity contribution in [2.24, 2.45) is 5.92 Å². The Morgan fingerprint density at radius 3 is 3.13 bits per heavy atom. The minimum atomic E-state index is -0.389. The zero-order valence-corrected chi connectivity index (χ0v) is 9.58. The first kappa shape index (κ1) is 9.86. The second-order valence-electron chi connectivity index (χ2n) is 5.61. The van der Waals surface area contributed by atoms with Crippen LogP contribution in [-0.4, -0.2) is 34.7 Å². The standard InChI is InChI=1S/C13H21NO/c1-10-4-7-14-8-5-11-3-2-6-13(11,15)12(14)9-10/h9,11-12,15H,2-8H2,1H3/t11-,12+,13+/m1/s1. The Morgan fingerprint density at radius 2 is 2.27 bits per heavy atom. The molecule has 0 aromatic carbocycles. The van der Waals surface area contributed by atoms with E-state index >= 15 is 0 Å². The molecular weight excluding hydrogens is 186 g/mol. The molecule has 3 rings (SSSR count). The van der Waals surface area contributed by atoms with Crippen LogP contribution in [0.3, 0.4) is 0 Å². The molecule has 2 heterocycles. The van der Waals surface area contributed by atoms with E-state index in [0.717, 1.165) is 13.0 Å². The number of hydrogen-bond donors (Lipinski definition) is 1. The van der Waals surface area contributed by atoms with E-state index in [1.54, 1.807) is 0 Å². The third-order valence-corrected chi connectivity index (χ3v) is 4.74.